The van der Waals surface area contributed by atoms with Crippen molar-refractivity contribution in [3.05, 3.63) is 35.9 Å². The van der Waals surface area contributed by atoms with Gasteiger partial charge in [-0.2, -0.15) is 4.31 Å². The zero-order valence-corrected chi connectivity index (χ0v) is 11.4. The highest BCUT2D eigenvalue weighted by atomic mass is 32.2. The van der Waals surface area contributed by atoms with Crippen LogP contribution in [0.3, 0.4) is 0 Å². The highest BCUT2D eigenvalue weighted by molar-refractivity contribution is 7.88. The van der Waals surface area contributed by atoms with Gasteiger partial charge >= 0.3 is 0 Å². The van der Waals surface area contributed by atoms with Crippen molar-refractivity contribution in [3.8, 4) is 0 Å². The molecule has 0 unspecified atom stereocenters. The molecule has 0 atom stereocenters. The van der Waals surface area contributed by atoms with E-state index in [0.717, 1.165) is 5.56 Å². The quantitative estimate of drug-likeness (QED) is 0.822. The van der Waals surface area contributed by atoms with E-state index in [2.05, 4.69) is 5.32 Å². The van der Waals surface area contributed by atoms with Crippen LogP contribution in [0.1, 0.15) is 12.5 Å². The second-order valence-electron chi connectivity index (χ2n) is 4.07. The summed E-state index contributed by atoms with van der Waals surface area (Å²) in [5.41, 5.74) is 0.922. The van der Waals surface area contributed by atoms with Gasteiger partial charge < -0.3 is 5.32 Å². The van der Waals surface area contributed by atoms with E-state index in [-0.39, 0.29) is 12.5 Å². The fourth-order valence-corrected chi connectivity index (χ4v) is 2.31. The monoisotopic (exact) mass is 270 g/mol. The van der Waals surface area contributed by atoms with Crippen molar-refractivity contribution >= 4 is 15.9 Å². The standard InChI is InChI=1S/C12H18N2O3S/c1-11(15)13-8-9-14(18(2,16)17)10-12-6-4-3-5-7-12/h3-7H,8-10H2,1-2H3,(H,13,15). The minimum absolute atomic E-state index is 0.164. The number of sulfonamides is 1. The summed E-state index contributed by atoms with van der Waals surface area (Å²) in [6.07, 6.45) is 1.17. The van der Waals surface area contributed by atoms with Gasteiger partial charge in [0.15, 0.2) is 0 Å². The van der Waals surface area contributed by atoms with Gasteiger partial charge in [0.25, 0.3) is 0 Å². The number of carbonyl (C=O) groups excluding carboxylic acids is 1. The third-order valence-electron chi connectivity index (χ3n) is 2.41. The van der Waals surface area contributed by atoms with E-state index in [1.54, 1.807) is 0 Å². The fourth-order valence-electron chi connectivity index (χ4n) is 1.51. The summed E-state index contributed by atoms with van der Waals surface area (Å²) >= 11 is 0. The zero-order chi connectivity index (χ0) is 13.6. The van der Waals surface area contributed by atoms with E-state index in [1.165, 1.54) is 17.5 Å². The topological polar surface area (TPSA) is 66.5 Å². The van der Waals surface area contributed by atoms with Crippen LogP contribution >= 0.6 is 0 Å². The first kappa shape index (κ1) is 14.7. The van der Waals surface area contributed by atoms with E-state index >= 15 is 0 Å². The summed E-state index contributed by atoms with van der Waals surface area (Å²) in [6.45, 7) is 2.31. The number of carbonyl (C=O) groups is 1. The van der Waals surface area contributed by atoms with Crippen molar-refractivity contribution in [2.24, 2.45) is 0 Å². The molecule has 1 rings (SSSR count). The summed E-state index contributed by atoms with van der Waals surface area (Å²) in [6, 6.07) is 9.35. The van der Waals surface area contributed by atoms with Gasteiger partial charge in [-0.1, -0.05) is 30.3 Å². The second kappa shape index (κ2) is 6.51. The number of nitrogens with one attached hydrogen (secondary N) is 1. The van der Waals surface area contributed by atoms with Crippen molar-refractivity contribution in [3.63, 3.8) is 0 Å². The second-order valence-corrected chi connectivity index (χ2v) is 6.05. The third kappa shape index (κ3) is 5.29. The average molecular weight is 270 g/mol. The minimum Gasteiger partial charge on any atom is -0.355 e. The van der Waals surface area contributed by atoms with E-state index in [4.69, 9.17) is 0 Å². The van der Waals surface area contributed by atoms with Gasteiger partial charge in [-0.25, -0.2) is 8.42 Å². The average Bonchev–Trinajstić information content (AvgIpc) is 2.27. The van der Waals surface area contributed by atoms with Crippen LogP contribution in [0.5, 0.6) is 0 Å². The number of rotatable bonds is 6. The van der Waals surface area contributed by atoms with Crippen LogP contribution in [0.15, 0.2) is 30.3 Å². The molecule has 0 aromatic heterocycles. The first-order valence-electron chi connectivity index (χ1n) is 5.63. The van der Waals surface area contributed by atoms with Gasteiger partial charge in [-0.05, 0) is 5.56 Å². The van der Waals surface area contributed by atoms with Crippen LogP contribution in [-0.2, 0) is 21.4 Å². The lowest BCUT2D eigenvalue weighted by molar-refractivity contribution is -0.118. The maximum Gasteiger partial charge on any atom is 0.216 e. The molecule has 0 aliphatic heterocycles. The summed E-state index contributed by atoms with van der Waals surface area (Å²) in [5.74, 6) is -0.164. The molecule has 1 N–H and O–H groups in total. The molecule has 100 valence electrons. The van der Waals surface area contributed by atoms with E-state index in [0.29, 0.717) is 13.1 Å². The predicted molar refractivity (Wildman–Crippen MR) is 70.4 cm³/mol. The predicted octanol–water partition coefficient (Wildman–Crippen LogP) is 0.584. The lowest BCUT2D eigenvalue weighted by Gasteiger charge is -2.20. The Labute approximate surface area is 108 Å². The molecular weight excluding hydrogens is 252 g/mol. The summed E-state index contributed by atoms with van der Waals surface area (Å²) in [7, 11) is -3.28. The minimum atomic E-state index is -3.28. The Bertz CT molecular complexity index is 485. The van der Waals surface area contributed by atoms with Crippen molar-refractivity contribution in [1.29, 1.82) is 0 Å². The van der Waals surface area contributed by atoms with Gasteiger partial charge in [0, 0.05) is 26.6 Å². The van der Waals surface area contributed by atoms with Crippen molar-refractivity contribution in [2.45, 2.75) is 13.5 Å². The maximum atomic E-state index is 11.6. The van der Waals surface area contributed by atoms with Crippen LogP contribution in [0, 0.1) is 0 Å². The highest BCUT2D eigenvalue weighted by Gasteiger charge is 2.16. The Morgan fingerprint density at radius 2 is 1.89 bits per heavy atom. The van der Waals surface area contributed by atoms with Crippen LogP contribution < -0.4 is 5.32 Å². The molecule has 0 aliphatic carbocycles. The molecule has 1 amide bonds. The molecule has 6 heteroatoms. The lowest BCUT2D eigenvalue weighted by Crippen LogP contribution is -2.37. The molecule has 0 bridgehead atoms. The molecule has 1 aromatic rings. The van der Waals surface area contributed by atoms with Crippen LogP contribution in [0.25, 0.3) is 0 Å². The van der Waals surface area contributed by atoms with Crippen molar-refractivity contribution < 1.29 is 13.2 Å². The lowest BCUT2D eigenvalue weighted by atomic mass is 10.2. The zero-order valence-electron chi connectivity index (χ0n) is 10.6. The van der Waals surface area contributed by atoms with E-state index in [9.17, 15) is 13.2 Å². The molecule has 0 heterocycles. The van der Waals surface area contributed by atoms with Crippen LogP contribution in [0.2, 0.25) is 0 Å². The maximum absolute atomic E-state index is 11.6. The highest BCUT2D eigenvalue weighted by Crippen LogP contribution is 2.07. The number of nitrogens with zero attached hydrogens (tertiary/aromatic N) is 1. The smallest absolute Gasteiger partial charge is 0.216 e. The molecule has 1 aromatic carbocycles. The Morgan fingerprint density at radius 3 is 2.39 bits per heavy atom. The third-order valence-corrected chi connectivity index (χ3v) is 3.66. The van der Waals surface area contributed by atoms with E-state index in [1.807, 2.05) is 30.3 Å². The Morgan fingerprint density at radius 1 is 1.28 bits per heavy atom. The SMILES string of the molecule is CC(=O)NCCN(Cc1ccccc1)S(C)(=O)=O. The molecule has 0 radical (unpaired) electrons. The summed E-state index contributed by atoms with van der Waals surface area (Å²) < 4.78 is 24.6. The normalized spacial score (nSPS) is 11.5. The first-order valence-corrected chi connectivity index (χ1v) is 7.48. The van der Waals surface area contributed by atoms with Gasteiger partial charge in [-0.3, -0.25) is 4.79 Å². The van der Waals surface area contributed by atoms with Gasteiger partial charge in [0.2, 0.25) is 15.9 Å². The van der Waals surface area contributed by atoms with Crippen molar-refractivity contribution in [2.75, 3.05) is 19.3 Å². The first-order chi connectivity index (χ1) is 8.39. The molecule has 5 nitrogen and oxygen atoms in total. The fraction of sp³-hybridized carbons (Fsp3) is 0.417. The van der Waals surface area contributed by atoms with Crippen LogP contribution in [0.4, 0.5) is 0 Å². The van der Waals surface area contributed by atoms with Gasteiger partial charge in [0.1, 0.15) is 0 Å². The Kier molecular flexibility index (Phi) is 5.30. The Hall–Kier alpha value is -1.40. The molecule has 0 aliphatic rings. The van der Waals surface area contributed by atoms with Gasteiger partial charge in [-0.15, -0.1) is 0 Å². The Balaban J connectivity index is 2.65. The van der Waals surface area contributed by atoms with Crippen molar-refractivity contribution in [1.82, 2.24) is 9.62 Å². The number of amides is 1. The van der Waals surface area contributed by atoms with E-state index < -0.39 is 10.0 Å². The molecular formula is C12H18N2O3S. The molecule has 0 saturated heterocycles. The number of hydrogen-bond donors (Lipinski definition) is 1. The summed E-state index contributed by atoms with van der Waals surface area (Å²) in [4.78, 5) is 10.8. The molecule has 0 fully saturated rings. The number of hydrogen-bond acceptors (Lipinski definition) is 3. The number of benzene rings is 1. The molecule has 18 heavy (non-hydrogen) atoms. The van der Waals surface area contributed by atoms with Crippen LogP contribution in [-0.4, -0.2) is 38.0 Å². The largest absolute Gasteiger partial charge is 0.355 e. The molecule has 0 spiro atoms. The molecule has 0 saturated carbocycles. The van der Waals surface area contributed by atoms with Gasteiger partial charge in [0.05, 0.1) is 6.26 Å². The summed E-state index contributed by atoms with van der Waals surface area (Å²) in [5, 5.41) is 2.59.